The van der Waals surface area contributed by atoms with Gasteiger partial charge in [0.1, 0.15) is 5.82 Å². The van der Waals surface area contributed by atoms with E-state index in [0.29, 0.717) is 16.1 Å². The monoisotopic (exact) mass is 698 g/mol. The molecule has 8 nitrogen and oxygen atoms in total. The fourth-order valence-electron chi connectivity index (χ4n) is 6.98. The van der Waals surface area contributed by atoms with E-state index in [-0.39, 0.29) is 23.9 Å². The first-order chi connectivity index (χ1) is 24.9. The van der Waals surface area contributed by atoms with Gasteiger partial charge in [-0.2, -0.15) is 0 Å². The van der Waals surface area contributed by atoms with E-state index in [9.17, 15) is 9.59 Å². The van der Waals surface area contributed by atoms with Gasteiger partial charge in [0.25, 0.3) is 11.8 Å². The summed E-state index contributed by atoms with van der Waals surface area (Å²) in [7, 11) is 0. The van der Waals surface area contributed by atoms with Crippen LogP contribution in [0, 0.1) is 6.92 Å². The number of nitrogens with one attached hydrogen (secondary N) is 2. The molecule has 0 aliphatic carbocycles. The van der Waals surface area contributed by atoms with Gasteiger partial charge in [-0.1, -0.05) is 65.7 Å². The van der Waals surface area contributed by atoms with E-state index < -0.39 is 0 Å². The standard InChI is InChI=1S/C42H43ClN6O2/c1-29-7-10-31(11-8-29)38-25-34(12-13-39(38)43)42(51)46-36-15-20-48(21-16-36)28-30-9-14-40(45-26-30)49-22-17-37(18-23-49)47-41(50)33-5-2-4-32(24-33)35-6-3-19-44-27-35/h2-14,19,24-27,36-37H,15-18,20-23,28H2,1H3,(H,46,51)(H,47,50). The number of nitrogens with zero attached hydrogens (tertiary/aromatic N) is 4. The zero-order valence-corrected chi connectivity index (χ0v) is 29.7. The Morgan fingerprint density at radius 2 is 1.41 bits per heavy atom. The summed E-state index contributed by atoms with van der Waals surface area (Å²) in [6.45, 7) is 6.40. The molecule has 5 aromatic rings. The van der Waals surface area contributed by atoms with Crippen molar-refractivity contribution in [2.75, 3.05) is 31.1 Å². The Labute approximate surface area is 304 Å². The van der Waals surface area contributed by atoms with Crippen LogP contribution in [0.4, 0.5) is 5.82 Å². The lowest BCUT2D eigenvalue weighted by atomic mass is 10.0. The van der Waals surface area contributed by atoms with Gasteiger partial charge in [-0.05, 0) is 91.8 Å². The molecule has 2 aliphatic rings. The number of carbonyl (C=O) groups excluding carboxylic acids is 2. The normalized spacial score (nSPS) is 15.8. The number of anilines is 1. The summed E-state index contributed by atoms with van der Waals surface area (Å²) < 4.78 is 0. The quantitative estimate of drug-likeness (QED) is 0.165. The topological polar surface area (TPSA) is 90.5 Å². The van der Waals surface area contributed by atoms with Crippen LogP contribution in [0.25, 0.3) is 22.3 Å². The van der Waals surface area contributed by atoms with Gasteiger partial charge in [0.2, 0.25) is 0 Å². The van der Waals surface area contributed by atoms with Gasteiger partial charge in [0, 0.05) is 90.7 Å². The molecular weight excluding hydrogens is 656 g/mol. The average Bonchev–Trinajstić information content (AvgIpc) is 3.17. The number of piperidine rings is 2. The van der Waals surface area contributed by atoms with Gasteiger partial charge in [0.05, 0.1) is 0 Å². The van der Waals surface area contributed by atoms with Crippen molar-refractivity contribution in [3.8, 4) is 22.3 Å². The van der Waals surface area contributed by atoms with E-state index in [1.807, 2.05) is 73.1 Å². The largest absolute Gasteiger partial charge is 0.356 e. The Balaban J connectivity index is 0.848. The maximum absolute atomic E-state index is 13.2. The Bertz CT molecular complexity index is 1950. The number of amides is 2. The third kappa shape index (κ3) is 8.64. The minimum Gasteiger partial charge on any atom is -0.356 e. The lowest BCUT2D eigenvalue weighted by Gasteiger charge is -2.34. The SMILES string of the molecule is Cc1ccc(-c2cc(C(=O)NC3CCN(Cc4ccc(N5CCC(NC(=O)c6cccc(-c7cccnc7)c6)CC5)nc4)CC3)ccc2Cl)cc1. The van der Waals surface area contributed by atoms with Crippen molar-refractivity contribution in [1.29, 1.82) is 0 Å². The molecule has 3 aromatic carbocycles. The first kappa shape index (κ1) is 34.4. The first-order valence-electron chi connectivity index (χ1n) is 17.8. The number of benzene rings is 3. The molecule has 260 valence electrons. The Morgan fingerprint density at radius 3 is 2.08 bits per heavy atom. The number of aromatic nitrogens is 2. The maximum atomic E-state index is 13.2. The summed E-state index contributed by atoms with van der Waals surface area (Å²) in [5.74, 6) is 0.875. The zero-order chi connectivity index (χ0) is 35.2. The molecule has 2 aliphatic heterocycles. The number of halogens is 1. The van der Waals surface area contributed by atoms with Crippen molar-refractivity contribution in [3.05, 3.63) is 137 Å². The van der Waals surface area contributed by atoms with Gasteiger partial charge >= 0.3 is 0 Å². The first-order valence-corrected chi connectivity index (χ1v) is 18.2. The fourth-order valence-corrected chi connectivity index (χ4v) is 7.20. The van der Waals surface area contributed by atoms with Crippen LogP contribution in [0.5, 0.6) is 0 Å². The molecule has 0 bridgehead atoms. The second-order valence-electron chi connectivity index (χ2n) is 13.7. The highest BCUT2D eigenvalue weighted by Crippen LogP contribution is 2.29. The highest BCUT2D eigenvalue weighted by Gasteiger charge is 2.24. The Kier molecular flexibility index (Phi) is 10.7. The molecule has 2 aromatic heterocycles. The van der Waals surface area contributed by atoms with Crippen LogP contribution < -0.4 is 15.5 Å². The smallest absolute Gasteiger partial charge is 0.251 e. The van der Waals surface area contributed by atoms with Crippen LogP contribution in [0.1, 0.15) is 57.5 Å². The van der Waals surface area contributed by atoms with Crippen molar-refractivity contribution >= 4 is 29.2 Å². The van der Waals surface area contributed by atoms with E-state index in [2.05, 4.69) is 56.6 Å². The van der Waals surface area contributed by atoms with Crippen LogP contribution in [0.15, 0.2) is 110 Å². The predicted octanol–water partition coefficient (Wildman–Crippen LogP) is 7.57. The maximum Gasteiger partial charge on any atom is 0.251 e. The third-order valence-corrected chi connectivity index (χ3v) is 10.3. The van der Waals surface area contributed by atoms with Crippen LogP contribution in [-0.2, 0) is 6.54 Å². The number of hydrogen-bond acceptors (Lipinski definition) is 6. The van der Waals surface area contributed by atoms with Crippen LogP contribution in [0.2, 0.25) is 5.02 Å². The molecule has 7 rings (SSSR count). The van der Waals surface area contributed by atoms with Gasteiger partial charge in [-0.25, -0.2) is 4.98 Å². The molecule has 0 saturated carbocycles. The molecule has 2 saturated heterocycles. The molecule has 0 radical (unpaired) electrons. The molecule has 51 heavy (non-hydrogen) atoms. The van der Waals surface area contributed by atoms with E-state index in [1.54, 1.807) is 12.3 Å². The van der Waals surface area contributed by atoms with E-state index in [4.69, 9.17) is 16.6 Å². The molecule has 0 spiro atoms. The molecular formula is C42H43ClN6O2. The van der Waals surface area contributed by atoms with Crippen molar-refractivity contribution < 1.29 is 9.59 Å². The van der Waals surface area contributed by atoms with Gasteiger partial charge in [0.15, 0.2) is 0 Å². The number of likely N-dealkylation sites (tertiary alicyclic amines) is 1. The summed E-state index contributed by atoms with van der Waals surface area (Å²) in [4.78, 5) is 40.0. The second kappa shape index (κ2) is 15.9. The van der Waals surface area contributed by atoms with Crippen molar-refractivity contribution in [2.45, 2.75) is 51.2 Å². The lowest BCUT2D eigenvalue weighted by molar-refractivity contribution is 0.0906. The summed E-state index contributed by atoms with van der Waals surface area (Å²) in [5, 5.41) is 7.12. The van der Waals surface area contributed by atoms with E-state index in [0.717, 1.165) is 86.5 Å². The Hall–Kier alpha value is -5.05. The molecule has 2 fully saturated rings. The van der Waals surface area contributed by atoms with E-state index in [1.165, 1.54) is 11.1 Å². The highest BCUT2D eigenvalue weighted by atomic mass is 35.5. The van der Waals surface area contributed by atoms with Gasteiger partial charge in [-0.3, -0.25) is 19.5 Å². The van der Waals surface area contributed by atoms with Gasteiger partial charge < -0.3 is 15.5 Å². The van der Waals surface area contributed by atoms with E-state index >= 15 is 0 Å². The average molecular weight is 699 g/mol. The van der Waals surface area contributed by atoms with Crippen molar-refractivity contribution in [1.82, 2.24) is 25.5 Å². The number of rotatable bonds is 9. The lowest BCUT2D eigenvalue weighted by Crippen LogP contribution is -2.45. The van der Waals surface area contributed by atoms with Crippen molar-refractivity contribution in [2.24, 2.45) is 0 Å². The molecule has 4 heterocycles. The van der Waals surface area contributed by atoms with Crippen LogP contribution in [-0.4, -0.2) is 64.9 Å². The summed E-state index contributed by atoms with van der Waals surface area (Å²) >= 11 is 6.50. The second-order valence-corrected chi connectivity index (χ2v) is 14.1. The molecule has 0 unspecified atom stereocenters. The fraction of sp³-hybridized carbons (Fsp3) is 0.286. The third-order valence-electron chi connectivity index (χ3n) is 10.0. The molecule has 2 N–H and O–H groups in total. The number of pyridine rings is 2. The summed E-state index contributed by atoms with van der Waals surface area (Å²) in [5.41, 5.74) is 7.50. The number of carbonyl (C=O) groups is 2. The predicted molar refractivity (Wildman–Crippen MR) is 204 cm³/mol. The van der Waals surface area contributed by atoms with Crippen molar-refractivity contribution in [3.63, 3.8) is 0 Å². The summed E-state index contributed by atoms with van der Waals surface area (Å²) in [6, 6.07) is 29.8. The minimum absolute atomic E-state index is 0.0397. The molecule has 2 amide bonds. The highest BCUT2D eigenvalue weighted by molar-refractivity contribution is 6.33. The van der Waals surface area contributed by atoms with Crippen LogP contribution >= 0.6 is 11.6 Å². The number of hydrogen-bond donors (Lipinski definition) is 2. The summed E-state index contributed by atoms with van der Waals surface area (Å²) in [6.07, 6.45) is 9.08. The molecule has 0 atom stereocenters. The van der Waals surface area contributed by atoms with Gasteiger partial charge in [-0.15, -0.1) is 0 Å². The minimum atomic E-state index is -0.0590. The molecule has 9 heteroatoms. The Morgan fingerprint density at radius 1 is 0.725 bits per heavy atom. The zero-order valence-electron chi connectivity index (χ0n) is 28.9. The van der Waals surface area contributed by atoms with Crippen LogP contribution in [0.3, 0.4) is 0 Å². The number of aryl methyl sites for hydroxylation is 1.